The van der Waals surface area contributed by atoms with E-state index in [0.29, 0.717) is 0 Å². The van der Waals surface area contributed by atoms with Crippen LogP contribution in [-0.4, -0.2) is 29.9 Å². The van der Waals surface area contributed by atoms with Crippen LogP contribution in [0.3, 0.4) is 0 Å². The Hall–Kier alpha value is -0.380. The summed E-state index contributed by atoms with van der Waals surface area (Å²) in [7, 11) is 1.98. The first-order valence-corrected chi connectivity index (χ1v) is 12.7. The average Bonchev–Trinajstić information content (AvgIpc) is 2.74. The van der Waals surface area contributed by atoms with Gasteiger partial charge in [-0.2, -0.15) is 4.99 Å². The number of hydrogen-bond donors (Lipinski definition) is 0. The van der Waals surface area contributed by atoms with Crippen molar-refractivity contribution in [3.05, 3.63) is 28.8 Å². The summed E-state index contributed by atoms with van der Waals surface area (Å²) >= 11 is 4.24. The third-order valence-electron chi connectivity index (χ3n) is 4.13. The van der Waals surface area contributed by atoms with Gasteiger partial charge in [0.2, 0.25) is 5.96 Å². The van der Waals surface area contributed by atoms with Gasteiger partial charge in [-0.25, -0.2) is 0 Å². The zero-order chi connectivity index (χ0) is 15.0. The van der Waals surface area contributed by atoms with E-state index in [0.717, 1.165) is 18.2 Å². The van der Waals surface area contributed by atoms with E-state index in [9.17, 15) is 4.79 Å². The fourth-order valence-corrected chi connectivity index (χ4v) is 2.69. The number of aliphatic imine (C=N–C) groups is 1. The van der Waals surface area contributed by atoms with Crippen LogP contribution in [0.25, 0.3) is 0 Å². The van der Waals surface area contributed by atoms with Crippen LogP contribution in [0.4, 0.5) is 5.69 Å². The van der Waals surface area contributed by atoms with E-state index in [2.05, 4.69) is 73.1 Å². The Morgan fingerprint density at radius 3 is 2.60 bits per heavy atom. The summed E-state index contributed by atoms with van der Waals surface area (Å²) in [4.78, 5) is 20.0. The monoisotopic (exact) mass is 497 g/mol. The van der Waals surface area contributed by atoms with Crippen molar-refractivity contribution in [1.82, 2.24) is 4.90 Å². The zero-order valence-electron chi connectivity index (χ0n) is 11.9. The number of nitrogens with zero attached hydrogens (tertiary/aromatic N) is 3. The number of anilines is 1. The van der Waals surface area contributed by atoms with Crippen LogP contribution in [0.15, 0.2) is 17.1 Å². The average molecular weight is 497 g/mol. The maximum absolute atomic E-state index is 11.7. The van der Waals surface area contributed by atoms with E-state index in [4.69, 9.17) is 0 Å². The molecule has 2 heterocycles. The van der Waals surface area contributed by atoms with Crippen LogP contribution in [0.1, 0.15) is 23.6 Å². The number of amides is 1. The Balaban J connectivity index is 0.000000704. The molecule has 2 aliphatic heterocycles. The van der Waals surface area contributed by atoms with E-state index in [1.165, 1.54) is 16.7 Å². The van der Waals surface area contributed by atoms with Gasteiger partial charge in [-0.3, -0.25) is 4.79 Å². The minimum absolute atomic E-state index is 0.0426. The number of fused-ring (bicyclic) bond motifs is 2. The molecule has 1 unspecified atom stereocenters. The molecule has 3 rings (SSSR count). The van der Waals surface area contributed by atoms with Gasteiger partial charge in [0, 0.05) is 56.5 Å². The highest BCUT2D eigenvalue weighted by Gasteiger charge is 2.38. The Bertz CT molecular complexity index is 586. The Morgan fingerprint density at radius 1 is 1.30 bits per heavy atom. The van der Waals surface area contributed by atoms with Crippen LogP contribution in [-0.2, 0) is 11.3 Å². The normalized spacial score (nSPS) is 20.0. The second-order valence-electron chi connectivity index (χ2n) is 5.12. The van der Waals surface area contributed by atoms with Crippen molar-refractivity contribution in [3.8, 4) is 0 Å². The summed E-state index contributed by atoms with van der Waals surface area (Å²) in [5.74, 6) is 0.738. The quantitative estimate of drug-likeness (QED) is 0.515. The molecule has 4 nitrogen and oxygen atoms in total. The largest absolute Gasteiger partial charge is 0.326 e. The van der Waals surface area contributed by atoms with E-state index < -0.39 is 0 Å². The van der Waals surface area contributed by atoms with Crippen molar-refractivity contribution in [2.45, 2.75) is 33.4 Å². The molecule has 6 heteroatoms. The topological polar surface area (TPSA) is 35.9 Å². The summed E-state index contributed by atoms with van der Waals surface area (Å²) in [5.41, 5.74) is 5.07. The Labute approximate surface area is 142 Å². The summed E-state index contributed by atoms with van der Waals surface area (Å²) in [5, 5.41) is 0. The summed E-state index contributed by atoms with van der Waals surface area (Å²) in [6, 6.07) is 4.10. The van der Waals surface area contributed by atoms with Crippen molar-refractivity contribution in [2.75, 3.05) is 11.9 Å². The summed E-state index contributed by atoms with van der Waals surface area (Å²) in [6.07, 6.45) is 0. The van der Waals surface area contributed by atoms with Gasteiger partial charge in [0.1, 0.15) is 6.04 Å². The lowest BCUT2D eigenvalue weighted by Crippen LogP contribution is -2.47. The first-order valence-electron chi connectivity index (χ1n) is 6.37. The minimum atomic E-state index is -0.143. The second kappa shape index (κ2) is 6.17. The maximum Gasteiger partial charge on any atom is 0.271 e. The zero-order valence-corrected chi connectivity index (χ0v) is 16.3. The number of carbonyl (C=O) groups excluding carboxylic acids is 1. The van der Waals surface area contributed by atoms with E-state index in [1.54, 1.807) is 0 Å². The number of benzene rings is 1. The molecule has 0 fully saturated rings. The van der Waals surface area contributed by atoms with Crippen LogP contribution in [0, 0.1) is 13.8 Å². The third-order valence-corrected chi connectivity index (χ3v) is 4.13. The molecule has 1 aromatic rings. The molecule has 20 heavy (non-hydrogen) atoms. The molecule has 0 saturated heterocycles. The fraction of sp³-hybridized carbons (Fsp3) is 0.429. The number of rotatable bonds is 0. The van der Waals surface area contributed by atoms with Gasteiger partial charge in [-0.05, 0) is 43.5 Å². The predicted octanol–water partition coefficient (Wildman–Crippen LogP) is 3.61. The van der Waals surface area contributed by atoms with Crippen LogP contribution < -0.4 is 4.90 Å². The Kier molecular flexibility index (Phi) is 4.93. The van der Waals surface area contributed by atoms with Gasteiger partial charge in [-0.1, -0.05) is 6.07 Å². The van der Waals surface area contributed by atoms with E-state index in [1.807, 2.05) is 18.9 Å². The predicted molar refractivity (Wildman–Crippen MR) is 99.8 cm³/mol. The molecular weight excluding hydrogens is 480 g/mol. The lowest BCUT2D eigenvalue weighted by molar-refractivity contribution is -0.119. The van der Waals surface area contributed by atoms with Crippen LogP contribution >= 0.6 is 37.2 Å². The number of halogens is 2. The third kappa shape index (κ3) is 2.44. The molecule has 0 aromatic heterocycles. The molecule has 0 aliphatic carbocycles. The SMILES string of the molecule is Cc1ccc2c(c1C)CN1C(=NC(=O)C1C)N2C.II. The molecule has 1 atom stereocenters. The highest BCUT2D eigenvalue weighted by molar-refractivity contribution is 15.0. The van der Waals surface area contributed by atoms with Crippen molar-refractivity contribution >= 4 is 54.8 Å². The molecule has 1 aromatic carbocycles. The van der Waals surface area contributed by atoms with Gasteiger partial charge in [0.15, 0.2) is 0 Å². The van der Waals surface area contributed by atoms with Gasteiger partial charge >= 0.3 is 0 Å². The van der Waals surface area contributed by atoms with Crippen LogP contribution in [0.2, 0.25) is 0 Å². The maximum atomic E-state index is 11.7. The first-order chi connectivity index (χ1) is 9.50. The molecule has 0 spiro atoms. The number of guanidine groups is 1. The summed E-state index contributed by atoms with van der Waals surface area (Å²) in [6.45, 7) is 6.96. The number of carbonyl (C=O) groups is 1. The standard InChI is InChI=1S/C14H17N3O.I2/c1-8-5-6-12-11(9(8)2)7-17-10(3)13(18)15-14(17)16(12)4;1-2/h5-6,10H,7H2,1-4H3;. The van der Waals surface area contributed by atoms with Crippen molar-refractivity contribution in [3.63, 3.8) is 0 Å². The molecule has 2 aliphatic rings. The lowest BCUT2D eigenvalue weighted by atomic mass is 9.98. The molecule has 0 N–H and O–H groups in total. The van der Waals surface area contributed by atoms with E-state index >= 15 is 0 Å². The fourth-order valence-electron chi connectivity index (χ4n) is 2.69. The first kappa shape index (κ1) is 16.0. The van der Waals surface area contributed by atoms with E-state index in [-0.39, 0.29) is 11.9 Å². The molecule has 0 radical (unpaired) electrons. The molecule has 1 amide bonds. The molecule has 0 bridgehead atoms. The summed E-state index contributed by atoms with van der Waals surface area (Å²) < 4.78 is 0. The molecular formula is C14H17I2N3O. The van der Waals surface area contributed by atoms with Gasteiger partial charge in [0.05, 0.1) is 0 Å². The number of hydrogen-bond acceptors (Lipinski definition) is 3. The van der Waals surface area contributed by atoms with Gasteiger partial charge in [-0.15, -0.1) is 0 Å². The minimum Gasteiger partial charge on any atom is -0.326 e. The van der Waals surface area contributed by atoms with Crippen molar-refractivity contribution in [2.24, 2.45) is 4.99 Å². The lowest BCUT2D eigenvalue weighted by Gasteiger charge is -2.37. The van der Waals surface area contributed by atoms with Gasteiger partial charge in [0.25, 0.3) is 5.91 Å². The Morgan fingerprint density at radius 2 is 1.95 bits per heavy atom. The highest BCUT2D eigenvalue weighted by atomic mass is 128. The molecule has 0 saturated carbocycles. The smallest absolute Gasteiger partial charge is 0.271 e. The van der Waals surface area contributed by atoms with Gasteiger partial charge < -0.3 is 9.80 Å². The second-order valence-corrected chi connectivity index (χ2v) is 5.12. The van der Waals surface area contributed by atoms with Crippen molar-refractivity contribution < 1.29 is 4.79 Å². The van der Waals surface area contributed by atoms with Crippen molar-refractivity contribution in [1.29, 1.82) is 0 Å². The van der Waals surface area contributed by atoms with Crippen LogP contribution in [0.5, 0.6) is 0 Å². The highest BCUT2D eigenvalue weighted by Crippen LogP contribution is 2.34. The molecule has 108 valence electrons. The number of aryl methyl sites for hydroxylation is 1.